The van der Waals surface area contributed by atoms with Gasteiger partial charge < -0.3 is 15.0 Å². The van der Waals surface area contributed by atoms with E-state index in [1.807, 2.05) is 60.7 Å². The second-order valence-electron chi connectivity index (χ2n) is 8.95. The van der Waals surface area contributed by atoms with Crippen LogP contribution in [0.25, 0.3) is 0 Å². The fourth-order valence-corrected chi connectivity index (χ4v) is 5.47. The number of thioether (sulfide) groups is 1. The second-order valence-corrected chi connectivity index (χ2v) is 10.8. The molecular weight excluding hydrogens is 539 g/mol. The molecule has 0 aliphatic carbocycles. The molecule has 2 amide bonds. The number of carbonyl (C=O) groups is 2. The van der Waals surface area contributed by atoms with E-state index in [2.05, 4.69) is 12.2 Å². The summed E-state index contributed by atoms with van der Waals surface area (Å²) in [5.74, 6) is 1.20. The number of amides is 2. The maximum absolute atomic E-state index is 13.7. The summed E-state index contributed by atoms with van der Waals surface area (Å²) in [6.45, 7) is 2.94. The van der Waals surface area contributed by atoms with Gasteiger partial charge in [-0.1, -0.05) is 85.1 Å². The van der Waals surface area contributed by atoms with E-state index in [9.17, 15) is 9.59 Å². The van der Waals surface area contributed by atoms with Crippen molar-refractivity contribution in [2.75, 3.05) is 19.4 Å². The highest BCUT2D eigenvalue weighted by molar-refractivity contribution is 7.99. The number of benzene rings is 3. The third-order valence-corrected chi connectivity index (χ3v) is 7.64. The van der Waals surface area contributed by atoms with Crippen LogP contribution >= 0.6 is 35.0 Å². The molecule has 1 N–H and O–H groups in total. The van der Waals surface area contributed by atoms with Gasteiger partial charge in [0, 0.05) is 35.3 Å². The molecular formula is C30H34Cl2N2O3S. The Labute approximate surface area is 239 Å². The van der Waals surface area contributed by atoms with Crippen molar-refractivity contribution in [3.8, 4) is 5.75 Å². The molecule has 0 saturated heterocycles. The van der Waals surface area contributed by atoms with E-state index in [1.165, 1.54) is 11.8 Å². The Morgan fingerprint density at radius 1 is 1.00 bits per heavy atom. The van der Waals surface area contributed by atoms with Crippen molar-refractivity contribution >= 4 is 46.8 Å². The summed E-state index contributed by atoms with van der Waals surface area (Å²) in [7, 11) is 1.61. The predicted molar refractivity (Wildman–Crippen MR) is 158 cm³/mol. The Kier molecular flexibility index (Phi) is 12.3. The summed E-state index contributed by atoms with van der Waals surface area (Å²) in [5, 5.41) is 4.19. The fourth-order valence-electron chi connectivity index (χ4n) is 4.00. The lowest BCUT2D eigenvalue weighted by atomic mass is 10.0. The summed E-state index contributed by atoms with van der Waals surface area (Å²) < 4.78 is 5.39. The average molecular weight is 574 g/mol. The zero-order valence-corrected chi connectivity index (χ0v) is 24.1. The van der Waals surface area contributed by atoms with Crippen LogP contribution in [-0.4, -0.2) is 42.2 Å². The number of hydrogen-bond acceptors (Lipinski definition) is 4. The van der Waals surface area contributed by atoms with E-state index in [4.69, 9.17) is 27.9 Å². The van der Waals surface area contributed by atoms with Crippen molar-refractivity contribution in [1.29, 1.82) is 0 Å². The standard InChI is InChI=1S/C30H34Cl2N2O3S/c1-3-4-15-33-30(36)28(17-22-9-6-5-7-10-22)34(19-23-11-8-12-26(16-23)37-2)29(35)21-38-20-24-13-14-25(31)18-27(24)32/h5-14,16,18,28H,3-4,15,17,19-21H2,1-2H3,(H,33,36)/t28-/m1/s1. The van der Waals surface area contributed by atoms with Crippen LogP contribution in [0.15, 0.2) is 72.8 Å². The predicted octanol–water partition coefficient (Wildman–Crippen LogP) is 6.79. The van der Waals surface area contributed by atoms with Crippen molar-refractivity contribution in [2.45, 2.75) is 44.5 Å². The number of methoxy groups -OCH3 is 1. The Morgan fingerprint density at radius 2 is 1.76 bits per heavy atom. The third kappa shape index (κ3) is 9.26. The van der Waals surface area contributed by atoms with Gasteiger partial charge in [-0.25, -0.2) is 0 Å². The molecule has 0 heterocycles. The summed E-state index contributed by atoms with van der Waals surface area (Å²) in [6, 6.07) is 22.1. The highest BCUT2D eigenvalue weighted by atomic mass is 35.5. The number of nitrogens with zero attached hydrogens (tertiary/aromatic N) is 1. The van der Waals surface area contributed by atoms with Crippen LogP contribution in [-0.2, 0) is 28.3 Å². The van der Waals surface area contributed by atoms with Crippen LogP contribution in [0.2, 0.25) is 10.0 Å². The lowest BCUT2D eigenvalue weighted by Crippen LogP contribution is -2.51. The maximum Gasteiger partial charge on any atom is 0.243 e. The van der Waals surface area contributed by atoms with Gasteiger partial charge in [0.15, 0.2) is 0 Å². The van der Waals surface area contributed by atoms with Crippen molar-refractivity contribution in [3.63, 3.8) is 0 Å². The van der Waals surface area contributed by atoms with Gasteiger partial charge in [0.2, 0.25) is 11.8 Å². The van der Waals surface area contributed by atoms with Gasteiger partial charge >= 0.3 is 0 Å². The molecule has 3 rings (SSSR count). The molecule has 38 heavy (non-hydrogen) atoms. The summed E-state index contributed by atoms with van der Waals surface area (Å²) >= 11 is 13.8. The molecule has 0 saturated carbocycles. The molecule has 3 aromatic carbocycles. The number of unbranched alkanes of at least 4 members (excludes halogenated alkanes) is 1. The van der Waals surface area contributed by atoms with Gasteiger partial charge in [-0.15, -0.1) is 11.8 Å². The lowest BCUT2D eigenvalue weighted by Gasteiger charge is -2.31. The Bertz CT molecular complexity index is 1190. The van der Waals surface area contributed by atoms with Crippen LogP contribution in [0.5, 0.6) is 5.75 Å². The van der Waals surface area contributed by atoms with E-state index in [1.54, 1.807) is 24.1 Å². The molecule has 0 spiro atoms. The van der Waals surface area contributed by atoms with Crippen molar-refractivity contribution < 1.29 is 14.3 Å². The van der Waals surface area contributed by atoms with Gasteiger partial charge in [0.25, 0.3) is 0 Å². The third-order valence-electron chi connectivity index (χ3n) is 6.09. The zero-order chi connectivity index (χ0) is 27.3. The van der Waals surface area contributed by atoms with Crippen molar-refractivity contribution in [3.05, 3.63) is 99.5 Å². The summed E-state index contributed by atoms with van der Waals surface area (Å²) in [6.07, 6.45) is 2.27. The minimum atomic E-state index is -0.660. The molecule has 0 fully saturated rings. The molecule has 0 aliphatic rings. The lowest BCUT2D eigenvalue weighted by molar-refractivity contribution is -0.139. The average Bonchev–Trinajstić information content (AvgIpc) is 2.92. The van der Waals surface area contributed by atoms with E-state index in [-0.39, 0.29) is 24.1 Å². The van der Waals surface area contributed by atoms with Gasteiger partial charge in [0.1, 0.15) is 11.8 Å². The van der Waals surface area contributed by atoms with E-state index in [0.29, 0.717) is 34.5 Å². The number of nitrogens with one attached hydrogen (secondary N) is 1. The minimum absolute atomic E-state index is 0.116. The monoisotopic (exact) mass is 572 g/mol. The SMILES string of the molecule is CCCCNC(=O)[C@@H](Cc1ccccc1)N(Cc1cccc(OC)c1)C(=O)CSCc1ccc(Cl)cc1Cl. The van der Waals surface area contributed by atoms with Crippen LogP contribution in [0.4, 0.5) is 0 Å². The van der Waals surface area contributed by atoms with Crippen LogP contribution in [0.3, 0.4) is 0 Å². The Morgan fingerprint density at radius 3 is 2.47 bits per heavy atom. The molecule has 0 unspecified atom stereocenters. The van der Waals surface area contributed by atoms with Gasteiger partial charge in [-0.2, -0.15) is 0 Å². The van der Waals surface area contributed by atoms with Crippen LogP contribution in [0.1, 0.15) is 36.5 Å². The van der Waals surface area contributed by atoms with E-state index in [0.717, 1.165) is 29.5 Å². The Balaban J connectivity index is 1.85. The molecule has 0 aliphatic heterocycles. The largest absolute Gasteiger partial charge is 0.497 e. The molecule has 8 heteroatoms. The highest BCUT2D eigenvalue weighted by Gasteiger charge is 2.30. The molecule has 5 nitrogen and oxygen atoms in total. The van der Waals surface area contributed by atoms with E-state index < -0.39 is 6.04 Å². The highest BCUT2D eigenvalue weighted by Crippen LogP contribution is 2.26. The fraction of sp³-hybridized carbons (Fsp3) is 0.333. The first kappa shape index (κ1) is 29.9. The first-order chi connectivity index (χ1) is 18.4. The quantitative estimate of drug-likeness (QED) is 0.216. The molecule has 1 atom stereocenters. The number of rotatable bonds is 14. The molecule has 0 bridgehead atoms. The summed E-state index contributed by atoms with van der Waals surface area (Å²) in [4.78, 5) is 28.9. The van der Waals surface area contributed by atoms with Gasteiger partial charge in [0.05, 0.1) is 12.9 Å². The normalized spacial score (nSPS) is 11.6. The second kappa shape index (κ2) is 15.7. The molecule has 0 aromatic heterocycles. The molecule has 3 aromatic rings. The zero-order valence-electron chi connectivity index (χ0n) is 21.8. The van der Waals surface area contributed by atoms with Crippen molar-refractivity contribution in [1.82, 2.24) is 10.2 Å². The maximum atomic E-state index is 13.7. The van der Waals surface area contributed by atoms with Crippen LogP contribution in [0, 0.1) is 0 Å². The number of carbonyl (C=O) groups excluding carboxylic acids is 2. The molecule has 202 valence electrons. The number of hydrogen-bond donors (Lipinski definition) is 1. The number of halogens is 2. The van der Waals surface area contributed by atoms with Gasteiger partial charge in [-0.3, -0.25) is 9.59 Å². The first-order valence-electron chi connectivity index (χ1n) is 12.7. The Hall–Kier alpha value is -2.67. The van der Waals surface area contributed by atoms with Crippen molar-refractivity contribution in [2.24, 2.45) is 0 Å². The van der Waals surface area contributed by atoms with Gasteiger partial charge in [-0.05, 0) is 47.4 Å². The first-order valence-corrected chi connectivity index (χ1v) is 14.6. The topological polar surface area (TPSA) is 58.6 Å². The smallest absolute Gasteiger partial charge is 0.243 e. The van der Waals surface area contributed by atoms with Crippen LogP contribution < -0.4 is 10.1 Å². The summed E-state index contributed by atoms with van der Waals surface area (Å²) in [5.41, 5.74) is 2.79. The molecule has 0 radical (unpaired) electrons. The minimum Gasteiger partial charge on any atom is -0.497 e. The number of ether oxygens (including phenoxy) is 1. The van der Waals surface area contributed by atoms with E-state index >= 15 is 0 Å².